The molecule has 2 heteroatoms. The molecule has 1 nitrogen and oxygen atoms in total. The van der Waals surface area contributed by atoms with Gasteiger partial charge in [-0.2, -0.15) is 0 Å². The Labute approximate surface area is 132 Å². The molecular weight excluding hydrogens is 230 g/mol. The van der Waals surface area contributed by atoms with Crippen LogP contribution in [0.5, 0.6) is 0 Å². The highest BCUT2D eigenvalue weighted by Crippen LogP contribution is 2.05. The van der Waals surface area contributed by atoms with Crippen LogP contribution in [0.15, 0.2) is 0 Å². The highest BCUT2D eigenvalue weighted by molar-refractivity contribution is 5.75. The van der Waals surface area contributed by atoms with Gasteiger partial charge in [0.05, 0.1) is 0 Å². The normalized spacial score (nSPS) is 10.3. The van der Waals surface area contributed by atoms with Gasteiger partial charge in [-0.15, -0.1) is 0 Å². The van der Waals surface area contributed by atoms with Crippen LogP contribution in [0.3, 0.4) is 0 Å². The van der Waals surface area contributed by atoms with Crippen LogP contribution in [0.25, 0.3) is 0 Å². The Hall–Kier alpha value is 0.726. The van der Waals surface area contributed by atoms with Crippen molar-refractivity contribution in [3.8, 4) is 0 Å². The number of unbranched alkanes of at least 4 members (excludes halogenated alkanes) is 10. The second-order valence-electron chi connectivity index (χ2n) is 5.29. The van der Waals surface area contributed by atoms with Crippen molar-refractivity contribution in [2.45, 2.75) is 90.9 Å². The summed E-state index contributed by atoms with van der Waals surface area (Å²) in [5.74, 6) is 0. The van der Waals surface area contributed by atoms with Gasteiger partial charge in [0.15, 0.2) is 0 Å². The average Bonchev–Trinajstić information content (AvgIpc) is 2.35. The third kappa shape index (κ3) is 19.1. The van der Waals surface area contributed by atoms with Gasteiger partial charge < -0.3 is 5.32 Å². The topological polar surface area (TPSA) is 12.0 Å². The third-order valence-electron chi connectivity index (χ3n) is 3.41. The van der Waals surface area contributed by atoms with Crippen LogP contribution < -0.4 is 5.32 Å². The summed E-state index contributed by atoms with van der Waals surface area (Å²) < 4.78 is 0. The minimum atomic E-state index is 0. The van der Waals surface area contributed by atoms with E-state index in [0.717, 1.165) is 0 Å². The predicted molar refractivity (Wildman–Crippen MR) is 88.2 cm³/mol. The van der Waals surface area contributed by atoms with Crippen molar-refractivity contribution in [2.75, 3.05) is 13.1 Å². The summed E-state index contributed by atoms with van der Waals surface area (Å²) in [5, 5.41) is 3.57. The van der Waals surface area contributed by atoms with Gasteiger partial charge in [0.1, 0.15) is 0 Å². The lowest BCUT2D eigenvalue weighted by atomic mass is 10.1. The van der Waals surface area contributed by atoms with Crippen LogP contribution in [0, 0.1) is 0 Å². The molecule has 18 heavy (non-hydrogen) atoms. The minimum absolute atomic E-state index is 0. The first-order valence-electron chi connectivity index (χ1n) is 8.12. The van der Waals surface area contributed by atoms with Gasteiger partial charge in [0.2, 0.25) is 0 Å². The van der Waals surface area contributed by atoms with E-state index in [2.05, 4.69) is 19.2 Å². The molecule has 0 atom stereocenters. The molecular formula is C16H37MgN. The lowest BCUT2D eigenvalue weighted by Gasteiger charge is -2.04. The largest absolute Gasteiger partial charge is 0.317 e. The molecule has 0 fully saturated rings. The Morgan fingerprint density at radius 3 is 1.22 bits per heavy atom. The molecule has 0 aromatic heterocycles. The Balaban J connectivity index is 0. The first-order valence-corrected chi connectivity index (χ1v) is 8.12. The van der Waals surface area contributed by atoms with E-state index in [9.17, 15) is 0 Å². The first kappa shape index (κ1) is 21.0. The fraction of sp³-hybridized carbons (Fsp3) is 1.00. The summed E-state index contributed by atoms with van der Waals surface area (Å²) in [7, 11) is 0. The highest BCUT2D eigenvalue weighted by Gasteiger charge is 1.92. The fourth-order valence-corrected chi connectivity index (χ4v) is 2.19. The van der Waals surface area contributed by atoms with E-state index in [1.54, 1.807) is 0 Å². The molecule has 0 aliphatic rings. The molecule has 0 aromatic carbocycles. The Kier molecular flexibility index (Phi) is 23.4. The summed E-state index contributed by atoms with van der Waals surface area (Å²) in [4.78, 5) is 0. The van der Waals surface area contributed by atoms with Crippen molar-refractivity contribution in [3.63, 3.8) is 0 Å². The van der Waals surface area contributed by atoms with Crippen molar-refractivity contribution in [1.82, 2.24) is 5.32 Å². The maximum absolute atomic E-state index is 3.57. The molecule has 0 aliphatic carbocycles. The molecule has 0 unspecified atom stereocenters. The molecule has 0 rings (SSSR count). The van der Waals surface area contributed by atoms with E-state index in [1.165, 1.54) is 90.1 Å². The zero-order valence-electron chi connectivity index (χ0n) is 12.4. The smallest absolute Gasteiger partial charge is 0.316 e. The van der Waals surface area contributed by atoms with E-state index in [4.69, 9.17) is 0 Å². The van der Waals surface area contributed by atoms with Gasteiger partial charge in [-0.05, 0) is 25.9 Å². The first-order chi connectivity index (χ1) is 8.41. The monoisotopic (exact) mass is 267 g/mol. The molecule has 0 saturated heterocycles. The highest BCUT2D eigenvalue weighted by atomic mass is 24.3. The summed E-state index contributed by atoms with van der Waals surface area (Å²) in [6.45, 7) is 7.03. The van der Waals surface area contributed by atoms with E-state index in [0.29, 0.717) is 0 Å². The van der Waals surface area contributed by atoms with E-state index < -0.39 is 0 Å². The maximum Gasteiger partial charge on any atom is 0.316 e. The van der Waals surface area contributed by atoms with Gasteiger partial charge in [-0.3, -0.25) is 0 Å². The van der Waals surface area contributed by atoms with Crippen molar-refractivity contribution in [3.05, 3.63) is 0 Å². The zero-order valence-corrected chi connectivity index (χ0v) is 12.4. The quantitative estimate of drug-likeness (QED) is 0.364. The summed E-state index contributed by atoms with van der Waals surface area (Å²) in [6, 6.07) is 0. The molecule has 108 valence electrons. The summed E-state index contributed by atoms with van der Waals surface area (Å²) in [5.41, 5.74) is 0. The van der Waals surface area contributed by atoms with Crippen LogP contribution in [-0.4, -0.2) is 36.1 Å². The SMILES string of the molecule is CCCCCCCCNCCCCCCCC.[MgH2]. The number of hydrogen-bond donors (Lipinski definition) is 1. The lowest BCUT2D eigenvalue weighted by Crippen LogP contribution is -2.16. The van der Waals surface area contributed by atoms with Gasteiger partial charge in [-0.1, -0.05) is 78.1 Å². The summed E-state index contributed by atoms with van der Waals surface area (Å²) in [6.07, 6.45) is 16.9. The molecule has 0 heterocycles. The fourth-order valence-electron chi connectivity index (χ4n) is 2.19. The van der Waals surface area contributed by atoms with Crippen molar-refractivity contribution in [1.29, 1.82) is 0 Å². The van der Waals surface area contributed by atoms with Crippen LogP contribution in [-0.2, 0) is 0 Å². The number of hydrogen-bond acceptors (Lipinski definition) is 1. The maximum atomic E-state index is 3.57. The number of nitrogens with one attached hydrogen (secondary N) is 1. The zero-order chi connectivity index (χ0) is 12.6. The van der Waals surface area contributed by atoms with Crippen molar-refractivity contribution < 1.29 is 0 Å². The van der Waals surface area contributed by atoms with E-state index in [1.807, 2.05) is 0 Å². The third-order valence-corrected chi connectivity index (χ3v) is 3.41. The molecule has 0 radical (unpaired) electrons. The molecule has 0 bridgehead atoms. The average molecular weight is 268 g/mol. The standard InChI is InChI=1S/C16H35N.Mg.2H/c1-3-5-7-9-11-13-15-17-16-14-12-10-8-6-4-2;;;/h17H,3-16H2,1-2H3;;;. The second-order valence-corrected chi connectivity index (χ2v) is 5.29. The van der Waals surface area contributed by atoms with Crippen LogP contribution >= 0.6 is 0 Å². The Morgan fingerprint density at radius 1 is 0.500 bits per heavy atom. The Bertz CT molecular complexity index is 114. The van der Waals surface area contributed by atoms with Gasteiger partial charge in [-0.25, -0.2) is 0 Å². The van der Waals surface area contributed by atoms with Gasteiger partial charge in [0.25, 0.3) is 0 Å². The molecule has 0 saturated carbocycles. The molecule has 0 aromatic rings. The van der Waals surface area contributed by atoms with Crippen molar-refractivity contribution in [2.24, 2.45) is 0 Å². The Morgan fingerprint density at radius 2 is 0.833 bits per heavy atom. The van der Waals surface area contributed by atoms with Crippen molar-refractivity contribution >= 4 is 23.1 Å². The minimum Gasteiger partial charge on any atom is -0.317 e. The molecule has 0 aliphatic heterocycles. The number of rotatable bonds is 14. The van der Waals surface area contributed by atoms with Crippen LogP contribution in [0.2, 0.25) is 0 Å². The van der Waals surface area contributed by atoms with Crippen LogP contribution in [0.4, 0.5) is 0 Å². The van der Waals surface area contributed by atoms with Gasteiger partial charge >= 0.3 is 23.1 Å². The molecule has 1 N–H and O–H groups in total. The summed E-state index contributed by atoms with van der Waals surface area (Å²) >= 11 is 0. The molecule has 0 spiro atoms. The van der Waals surface area contributed by atoms with Gasteiger partial charge in [0, 0.05) is 0 Å². The predicted octanol–water partition coefficient (Wildman–Crippen LogP) is 4.38. The second kappa shape index (κ2) is 20.1. The van der Waals surface area contributed by atoms with E-state index in [-0.39, 0.29) is 23.1 Å². The van der Waals surface area contributed by atoms with E-state index >= 15 is 0 Å². The van der Waals surface area contributed by atoms with Crippen LogP contribution in [0.1, 0.15) is 90.9 Å². The molecule has 0 amide bonds. The lowest BCUT2D eigenvalue weighted by molar-refractivity contribution is 0.543.